The molecule has 0 aliphatic carbocycles. The van der Waals surface area contributed by atoms with Crippen molar-refractivity contribution in [2.75, 3.05) is 0 Å². The number of rotatable bonds is 4. The van der Waals surface area contributed by atoms with Crippen LogP contribution >= 0.6 is 15.9 Å². The summed E-state index contributed by atoms with van der Waals surface area (Å²) in [5.74, 6) is -0.304. The van der Waals surface area contributed by atoms with E-state index in [2.05, 4.69) is 20.9 Å². The van der Waals surface area contributed by atoms with Crippen LogP contribution in [0.2, 0.25) is 0 Å². The standard InChI is InChI=1S/C15H15BrFNO/c1-2-11-9-18-4-3-14(11)15(19)7-10-5-12(16)8-13(17)6-10/h3-6,8-9,15,19H,2,7H2,1H3. The molecule has 1 N–H and O–H groups in total. The summed E-state index contributed by atoms with van der Waals surface area (Å²) in [7, 11) is 0. The lowest BCUT2D eigenvalue weighted by Crippen LogP contribution is -2.06. The predicted molar refractivity (Wildman–Crippen MR) is 76.4 cm³/mol. The first-order valence-corrected chi connectivity index (χ1v) is 6.95. The van der Waals surface area contributed by atoms with Crippen molar-refractivity contribution in [1.29, 1.82) is 0 Å². The Morgan fingerprint density at radius 3 is 2.84 bits per heavy atom. The summed E-state index contributed by atoms with van der Waals surface area (Å²) in [5, 5.41) is 10.3. The monoisotopic (exact) mass is 323 g/mol. The van der Waals surface area contributed by atoms with E-state index < -0.39 is 6.10 Å². The first kappa shape index (κ1) is 14.2. The molecule has 0 spiro atoms. The minimum atomic E-state index is -0.647. The van der Waals surface area contributed by atoms with Gasteiger partial charge in [0.1, 0.15) is 5.82 Å². The molecule has 2 aromatic rings. The van der Waals surface area contributed by atoms with Crippen molar-refractivity contribution in [3.8, 4) is 0 Å². The van der Waals surface area contributed by atoms with Crippen LogP contribution in [0.4, 0.5) is 4.39 Å². The van der Waals surface area contributed by atoms with Gasteiger partial charge < -0.3 is 5.11 Å². The predicted octanol–water partition coefficient (Wildman–Crippen LogP) is 3.82. The van der Waals surface area contributed by atoms with E-state index in [0.717, 1.165) is 23.1 Å². The number of hydrogen-bond acceptors (Lipinski definition) is 2. The Kier molecular flexibility index (Phi) is 4.66. The van der Waals surface area contributed by atoms with Gasteiger partial charge >= 0.3 is 0 Å². The zero-order valence-electron chi connectivity index (χ0n) is 10.6. The van der Waals surface area contributed by atoms with Crippen LogP contribution in [0.15, 0.2) is 41.1 Å². The second-order valence-corrected chi connectivity index (χ2v) is 5.34. The SMILES string of the molecule is CCc1cnccc1C(O)Cc1cc(F)cc(Br)c1. The highest BCUT2D eigenvalue weighted by Gasteiger charge is 2.13. The maximum atomic E-state index is 13.3. The highest BCUT2D eigenvalue weighted by molar-refractivity contribution is 9.10. The maximum absolute atomic E-state index is 13.3. The van der Waals surface area contributed by atoms with Crippen LogP contribution in [-0.4, -0.2) is 10.1 Å². The number of aliphatic hydroxyl groups is 1. The van der Waals surface area contributed by atoms with Gasteiger partial charge in [-0.2, -0.15) is 0 Å². The number of aryl methyl sites for hydroxylation is 1. The molecule has 2 nitrogen and oxygen atoms in total. The van der Waals surface area contributed by atoms with Crippen LogP contribution in [0.3, 0.4) is 0 Å². The Hall–Kier alpha value is -1.26. The van der Waals surface area contributed by atoms with E-state index >= 15 is 0 Å². The molecule has 0 saturated carbocycles. The zero-order valence-corrected chi connectivity index (χ0v) is 12.2. The molecular weight excluding hydrogens is 309 g/mol. The number of hydrogen-bond donors (Lipinski definition) is 1. The second kappa shape index (κ2) is 6.26. The Balaban J connectivity index is 2.22. The summed E-state index contributed by atoms with van der Waals surface area (Å²) < 4.78 is 14.0. The van der Waals surface area contributed by atoms with E-state index in [0.29, 0.717) is 10.9 Å². The Labute approximate surface area is 120 Å². The highest BCUT2D eigenvalue weighted by atomic mass is 79.9. The van der Waals surface area contributed by atoms with Crippen LogP contribution in [0.25, 0.3) is 0 Å². The molecule has 1 aromatic carbocycles. The molecule has 0 amide bonds. The number of pyridine rings is 1. The van der Waals surface area contributed by atoms with Gasteiger partial charge in [0.15, 0.2) is 0 Å². The van der Waals surface area contributed by atoms with Gasteiger partial charge in [-0.05, 0) is 47.4 Å². The molecule has 1 unspecified atom stereocenters. The van der Waals surface area contributed by atoms with Crippen molar-refractivity contribution < 1.29 is 9.50 Å². The lowest BCUT2D eigenvalue weighted by molar-refractivity contribution is 0.177. The fraction of sp³-hybridized carbons (Fsp3) is 0.267. The minimum Gasteiger partial charge on any atom is -0.388 e. The molecule has 1 atom stereocenters. The molecule has 19 heavy (non-hydrogen) atoms. The molecule has 2 rings (SSSR count). The summed E-state index contributed by atoms with van der Waals surface area (Å²) in [6, 6.07) is 6.48. The molecule has 0 aliphatic heterocycles. The smallest absolute Gasteiger partial charge is 0.124 e. The summed E-state index contributed by atoms with van der Waals surface area (Å²) in [6.07, 6.45) is 3.98. The topological polar surface area (TPSA) is 33.1 Å². The third-order valence-electron chi connectivity index (χ3n) is 3.03. The van der Waals surface area contributed by atoms with Crippen LogP contribution in [-0.2, 0) is 12.8 Å². The average Bonchev–Trinajstić information content (AvgIpc) is 2.37. The van der Waals surface area contributed by atoms with Gasteiger partial charge in [-0.25, -0.2) is 4.39 Å². The Morgan fingerprint density at radius 2 is 2.16 bits per heavy atom. The van der Waals surface area contributed by atoms with Gasteiger partial charge in [0.2, 0.25) is 0 Å². The van der Waals surface area contributed by atoms with Crippen molar-refractivity contribution >= 4 is 15.9 Å². The van der Waals surface area contributed by atoms with Crippen LogP contribution in [0, 0.1) is 5.82 Å². The quantitative estimate of drug-likeness (QED) is 0.927. The number of nitrogens with zero attached hydrogens (tertiary/aromatic N) is 1. The average molecular weight is 324 g/mol. The molecule has 0 bridgehead atoms. The van der Waals surface area contributed by atoms with E-state index in [1.54, 1.807) is 12.4 Å². The van der Waals surface area contributed by atoms with E-state index in [4.69, 9.17) is 0 Å². The van der Waals surface area contributed by atoms with Gasteiger partial charge in [0.05, 0.1) is 6.10 Å². The molecular formula is C15H15BrFNO. The van der Waals surface area contributed by atoms with Crippen LogP contribution < -0.4 is 0 Å². The number of aromatic nitrogens is 1. The molecule has 1 aromatic heterocycles. The summed E-state index contributed by atoms with van der Waals surface area (Å²) >= 11 is 3.26. The third kappa shape index (κ3) is 3.61. The maximum Gasteiger partial charge on any atom is 0.124 e. The number of benzene rings is 1. The normalized spacial score (nSPS) is 12.4. The van der Waals surface area contributed by atoms with Crippen molar-refractivity contribution in [3.05, 3.63) is 63.6 Å². The first-order chi connectivity index (χ1) is 9.10. The van der Waals surface area contributed by atoms with Crippen LogP contribution in [0.5, 0.6) is 0 Å². The largest absolute Gasteiger partial charge is 0.388 e. The summed E-state index contributed by atoms with van der Waals surface area (Å²) in [6.45, 7) is 2.02. The van der Waals surface area contributed by atoms with Crippen molar-refractivity contribution in [2.24, 2.45) is 0 Å². The number of halogens is 2. The first-order valence-electron chi connectivity index (χ1n) is 6.16. The van der Waals surface area contributed by atoms with Crippen LogP contribution in [0.1, 0.15) is 29.7 Å². The van der Waals surface area contributed by atoms with E-state index in [1.807, 2.05) is 19.1 Å². The molecule has 4 heteroatoms. The molecule has 0 saturated heterocycles. The second-order valence-electron chi connectivity index (χ2n) is 4.43. The highest BCUT2D eigenvalue weighted by Crippen LogP contribution is 2.24. The van der Waals surface area contributed by atoms with Crippen molar-refractivity contribution in [1.82, 2.24) is 4.98 Å². The van der Waals surface area contributed by atoms with E-state index in [-0.39, 0.29) is 5.82 Å². The van der Waals surface area contributed by atoms with Gasteiger partial charge in [-0.15, -0.1) is 0 Å². The lowest BCUT2D eigenvalue weighted by atomic mass is 9.97. The van der Waals surface area contributed by atoms with Crippen molar-refractivity contribution in [2.45, 2.75) is 25.9 Å². The van der Waals surface area contributed by atoms with E-state index in [9.17, 15) is 9.50 Å². The molecule has 0 radical (unpaired) electrons. The van der Waals surface area contributed by atoms with Gasteiger partial charge in [-0.1, -0.05) is 22.9 Å². The molecule has 0 fully saturated rings. The fourth-order valence-electron chi connectivity index (χ4n) is 2.12. The zero-order chi connectivity index (χ0) is 13.8. The third-order valence-corrected chi connectivity index (χ3v) is 3.49. The Morgan fingerprint density at radius 1 is 1.37 bits per heavy atom. The minimum absolute atomic E-state index is 0.304. The summed E-state index contributed by atoms with van der Waals surface area (Å²) in [5.41, 5.74) is 2.64. The fourth-order valence-corrected chi connectivity index (χ4v) is 2.63. The number of aliphatic hydroxyl groups excluding tert-OH is 1. The molecule has 0 aliphatic rings. The van der Waals surface area contributed by atoms with Crippen molar-refractivity contribution in [3.63, 3.8) is 0 Å². The van der Waals surface area contributed by atoms with E-state index in [1.165, 1.54) is 12.1 Å². The van der Waals surface area contributed by atoms with Gasteiger partial charge in [-0.3, -0.25) is 4.98 Å². The summed E-state index contributed by atoms with van der Waals surface area (Å²) in [4.78, 5) is 4.06. The Bertz CT molecular complexity index is 554. The lowest BCUT2D eigenvalue weighted by Gasteiger charge is -2.14. The molecule has 100 valence electrons. The van der Waals surface area contributed by atoms with Gasteiger partial charge in [0, 0.05) is 23.3 Å². The molecule has 1 heterocycles. The van der Waals surface area contributed by atoms with Gasteiger partial charge in [0.25, 0.3) is 0 Å².